The number of aromatic nitrogens is 1. The van der Waals surface area contributed by atoms with E-state index in [-0.39, 0.29) is 24.0 Å². The smallest absolute Gasteiger partial charge is 0.225 e. The molecular formula is C13H18INS. The molecule has 0 aliphatic carbocycles. The minimum atomic E-state index is 0. The standard InChI is InChI=1S/C13H18NS.HI/c1-2-3-4-7-10-14-11-15-13-9-6-5-8-12(13)14;/h5-6,8-9,11H,2-4,7,10H2,1H3;1H/q+1;/p-1. The van der Waals surface area contributed by atoms with Crippen LogP contribution in [0.4, 0.5) is 0 Å². The van der Waals surface area contributed by atoms with Crippen LogP contribution >= 0.6 is 11.3 Å². The van der Waals surface area contributed by atoms with Crippen LogP contribution in [0.2, 0.25) is 0 Å². The molecule has 1 aromatic heterocycles. The van der Waals surface area contributed by atoms with Crippen LogP contribution in [0.25, 0.3) is 10.2 Å². The molecule has 1 nitrogen and oxygen atoms in total. The average Bonchev–Trinajstić information content (AvgIpc) is 2.68. The van der Waals surface area contributed by atoms with Crippen molar-refractivity contribution in [3.8, 4) is 0 Å². The Bertz CT molecular complexity index is 425. The van der Waals surface area contributed by atoms with Crippen molar-refractivity contribution in [1.82, 2.24) is 0 Å². The Morgan fingerprint density at radius 2 is 1.94 bits per heavy atom. The number of hydrogen-bond donors (Lipinski definition) is 0. The van der Waals surface area contributed by atoms with Gasteiger partial charge in [-0.3, -0.25) is 0 Å². The largest absolute Gasteiger partial charge is 1.00 e. The summed E-state index contributed by atoms with van der Waals surface area (Å²) in [6.07, 6.45) is 5.34. The number of thiazole rings is 1. The van der Waals surface area contributed by atoms with Gasteiger partial charge in [0, 0.05) is 12.5 Å². The van der Waals surface area contributed by atoms with E-state index >= 15 is 0 Å². The Labute approximate surface area is 119 Å². The number of rotatable bonds is 5. The first-order valence-corrected chi connectivity index (χ1v) is 6.65. The Hall–Kier alpha value is -0.160. The van der Waals surface area contributed by atoms with Gasteiger partial charge < -0.3 is 24.0 Å². The molecule has 0 saturated carbocycles. The van der Waals surface area contributed by atoms with Gasteiger partial charge in [0.05, 0.1) is 0 Å². The van der Waals surface area contributed by atoms with Crippen molar-refractivity contribution in [3.63, 3.8) is 0 Å². The maximum atomic E-state index is 2.38. The van der Waals surface area contributed by atoms with Crippen LogP contribution < -0.4 is 28.5 Å². The first kappa shape index (κ1) is 13.9. The highest BCUT2D eigenvalue weighted by molar-refractivity contribution is 7.16. The van der Waals surface area contributed by atoms with Crippen LogP contribution in [0.5, 0.6) is 0 Å². The molecule has 88 valence electrons. The molecule has 0 atom stereocenters. The lowest BCUT2D eigenvalue weighted by Crippen LogP contribution is -3.00. The minimum Gasteiger partial charge on any atom is -1.00 e. The molecule has 1 heterocycles. The molecule has 0 radical (unpaired) electrons. The van der Waals surface area contributed by atoms with Crippen molar-refractivity contribution in [2.75, 3.05) is 0 Å². The zero-order chi connectivity index (χ0) is 10.5. The molecule has 16 heavy (non-hydrogen) atoms. The van der Waals surface area contributed by atoms with Crippen molar-refractivity contribution in [2.45, 2.75) is 39.2 Å². The van der Waals surface area contributed by atoms with Gasteiger partial charge in [0.25, 0.3) is 0 Å². The summed E-state index contributed by atoms with van der Waals surface area (Å²) in [5, 5.41) is 0. The maximum absolute atomic E-state index is 2.38. The van der Waals surface area contributed by atoms with Crippen molar-refractivity contribution in [1.29, 1.82) is 0 Å². The van der Waals surface area contributed by atoms with Gasteiger partial charge in [0.2, 0.25) is 11.0 Å². The molecule has 3 heteroatoms. The van der Waals surface area contributed by atoms with Gasteiger partial charge in [-0.05, 0) is 12.5 Å². The molecule has 2 rings (SSSR count). The summed E-state index contributed by atoms with van der Waals surface area (Å²) >= 11 is 1.84. The third-order valence-corrected chi connectivity index (χ3v) is 3.69. The second-order valence-corrected chi connectivity index (χ2v) is 4.83. The fourth-order valence-corrected chi connectivity index (χ4v) is 2.78. The van der Waals surface area contributed by atoms with Crippen LogP contribution in [0.15, 0.2) is 29.8 Å². The van der Waals surface area contributed by atoms with Crippen molar-refractivity contribution in [3.05, 3.63) is 29.8 Å². The van der Waals surface area contributed by atoms with Gasteiger partial charge in [-0.1, -0.05) is 43.2 Å². The third-order valence-electron chi connectivity index (χ3n) is 2.73. The molecule has 0 N–H and O–H groups in total. The molecule has 2 aromatic rings. The fraction of sp³-hybridized carbons (Fsp3) is 0.462. The molecule has 0 saturated heterocycles. The first-order chi connectivity index (χ1) is 7.42. The number of halogens is 1. The number of benzene rings is 1. The van der Waals surface area contributed by atoms with Crippen LogP contribution in [0.1, 0.15) is 32.6 Å². The molecule has 0 aliphatic rings. The van der Waals surface area contributed by atoms with E-state index in [9.17, 15) is 0 Å². The van der Waals surface area contributed by atoms with E-state index < -0.39 is 0 Å². The molecular weight excluding hydrogens is 329 g/mol. The quantitative estimate of drug-likeness (QED) is 0.428. The zero-order valence-electron chi connectivity index (χ0n) is 9.66. The number of aryl methyl sites for hydroxylation is 1. The summed E-state index contributed by atoms with van der Waals surface area (Å²) < 4.78 is 3.78. The maximum Gasteiger partial charge on any atom is 0.225 e. The number of fused-ring (bicyclic) bond motifs is 1. The van der Waals surface area contributed by atoms with Crippen LogP contribution in [-0.2, 0) is 6.54 Å². The predicted octanol–water partition coefficient (Wildman–Crippen LogP) is 0.773. The van der Waals surface area contributed by atoms with Gasteiger partial charge in [-0.25, -0.2) is 0 Å². The van der Waals surface area contributed by atoms with E-state index in [0.29, 0.717) is 0 Å². The minimum absolute atomic E-state index is 0. The fourth-order valence-electron chi connectivity index (χ4n) is 1.85. The van der Waals surface area contributed by atoms with Crippen LogP contribution in [-0.4, -0.2) is 0 Å². The Morgan fingerprint density at radius 3 is 2.75 bits per heavy atom. The summed E-state index contributed by atoms with van der Waals surface area (Å²) in [7, 11) is 0. The molecule has 0 bridgehead atoms. The number of nitrogens with zero attached hydrogens (tertiary/aromatic N) is 1. The second kappa shape index (κ2) is 7.22. The van der Waals surface area contributed by atoms with Gasteiger partial charge in [-0.15, -0.1) is 0 Å². The van der Waals surface area contributed by atoms with Crippen LogP contribution in [0.3, 0.4) is 0 Å². The van der Waals surface area contributed by atoms with E-state index in [0.717, 1.165) is 0 Å². The summed E-state index contributed by atoms with van der Waals surface area (Å²) in [6.45, 7) is 3.43. The number of unbranched alkanes of at least 4 members (excludes halogenated alkanes) is 3. The highest BCUT2D eigenvalue weighted by atomic mass is 127. The summed E-state index contributed by atoms with van der Waals surface area (Å²) in [5.41, 5.74) is 3.63. The normalized spacial score (nSPS) is 10.3. The summed E-state index contributed by atoms with van der Waals surface area (Å²) in [6, 6.07) is 8.64. The van der Waals surface area contributed by atoms with E-state index in [1.165, 1.54) is 42.4 Å². The topological polar surface area (TPSA) is 3.88 Å². The van der Waals surface area contributed by atoms with E-state index in [2.05, 4.69) is 41.3 Å². The van der Waals surface area contributed by atoms with Gasteiger partial charge >= 0.3 is 0 Å². The highest BCUT2D eigenvalue weighted by Gasteiger charge is 2.09. The molecule has 1 aromatic carbocycles. The third kappa shape index (κ3) is 3.42. The molecule has 0 spiro atoms. The molecule has 0 unspecified atom stereocenters. The summed E-state index contributed by atoms with van der Waals surface area (Å²) in [4.78, 5) is 0. The Morgan fingerprint density at radius 1 is 1.12 bits per heavy atom. The highest BCUT2D eigenvalue weighted by Crippen LogP contribution is 2.15. The lowest BCUT2D eigenvalue weighted by atomic mass is 10.2. The number of para-hydroxylation sites is 1. The zero-order valence-corrected chi connectivity index (χ0v) is 12.6. The van der Waals surface area contributed by atoms with Crippen LogP contribution in [0, 0.1) is 0 Å². The van der Waals surface area contributed by atoms with Gasteiger partial charge in [0.15, 0.2) is 0 Å². The predicted molar refractivity (Wildman–Crippen MR) is 66.2 cm³/mol. The van der Waals surface area contributed by atoms with E-state index in [4.69, 9.17) is 0 Å². The van der Waals surface area contributed by atoms with Gasteiger partial charge in [0.1, 0.15) is 11.2 Å². The average molecular weight is 347 g/mol. The second-order valence-electron chi connectivity index (χ2n) is 3.95. The monoisotopic (exact) mass is 347 g/mol. The summed E-state index contributed by atoms with van der Waals surface area (Å²) in [5.74, 6) is 0. The van der Waals surface area contributed by atoms with E-state index in [1.807, 2.05) is 11.3 Å². The van der Waals surface area contributed by atoms with E-state index in [1.54, 1.807) is 0 Å². The Kier molecular flexibility index (Phi) is 6.28. The molecule has 0 amide bonds. The number of hydrogen-bond acceptors (Lipinski definition) is 1. The lowest BCUT2D eigenvalue weighted by Gasteiger charge is -1.95. The SMILES string of the molecule is CCCCCC[n+]1csc2ccccc21.[I-]. The lowest BCUT2D eigenvalue weighted by molar-refractivity contribution is -0.667. The van der Waals surface area contributed by atoms with Gasteiger partial charge in [-0.2, -0.15) is 4.57 Å². The Balaban J connectivity index is 0.00000128. The van der Waals surface area contributed by atoms with Crippen molar-refractivity contribution in [2.24, 2.45) is 0 Å². The first-order valence-electron chi connectivity index (χ1n) is 5.77. The molecule has 0 fully saturated rings. The van der Waals surface area contributed by atoms with Crippen molar-refractivity contribution < 1.29 is 28.5 Å². The molecule has 0 aliphatic heterocycles. The van der Waals surface area contributed by atoms with Crippen molar-refractivity contribution >= 4 is 21.6 Å².